The predicted molar refractivity (Wildman–Crippen MR) is 105 cm³/mol. The Morgan fingerprint density at radius 1 is 1.00 bits per heavy atom. The zero-order valence-electron chi connectivity index (χ0n) is 14.0. The minimum absolute atomic E-state index is 0.769. The Hall–Kier alpha value is -2.40. The number of aromatic nitrogens is 2. The van der Waals surface area contributed by atoms with Gasteiger partial charge in [-0.15, -0.1) is 0 Å². The molecule has 0 saturated heterocycles. The van der Waals surface area contributed by atoms with E-state index < -0.39 is 0 Å². The quantitative estimate of drug-likeness (QED) is 0.688. The van der Waals surface area contributed by atoms with Crippen molar-refractivity contribution in [3.8, 4) is 0 Å². The van der Waals surface area contributed by atoms with Crippen molar-refractivity contribution in [1.82, 2.24) is 9.97 Å². The van der Waals surface area contributed by atoms with Crippen molar-refractivity contribution in [2.24, 2.45) is 0 Å². The largest absolute Gasteiger partial charge is 0.352 e. The van der Waals surface area contributed by atoms with Crippen molar-refractivity contribution >= 4 is 33.3 Å². The number of para-hydroxylation sites is 1. The fraction of sp³-hybridized carbons (Fsp3) is 0.200. The highest BCUT2D eigenvalue weighted by Crippen LogP contribution is 2.28. The Bertz CT molecular complexity index is 910. The summed E-state index contributed by atoms with van der Waals surface area (Å²) in [5, 5.41) is 3.39. The molecule has 3 aromatic rings. The molecule has 0 spiro atoms. The lowest BCUT2D eigenvalue weighted by Crippen LogP contribution is -2.31. The Morgan fingerprint density at radius 2 is 1.76 bits per heavy atom. The van der Waals surface area contributed by atoms with Gasteiger partial charge in [0.15, 0.2) is 0 Å². The first-order valence-corrected chi connectivity index (χ1v) is 9.17. The van der Waals surface area contributed by atoms with E-state index in [-0.39, 0.29) is 0 Å². The molecule has 0 aliphatic carbocycles. The maximum absolute atomic E-state index is 4.66. The molecule has 5 heteroatoms. The third kappa shape index (κ3) is 3.51. The van der Waals surface area contributed by atoms with Crippen LogP contribution in [0.25, 0.3) is 0 Å². The number of nitrogens with one attached hydrogen (secondary N) is 1. The molecule has 0 amide bonds. The molecule has 1 N–H and O–H groups in total. The van der Waals surface area contributed by atoms with Gasteiger partial charge < -0.3 is 10.2 Å². The first kappa shape index (κ1) is 16.1. The summed E-state index contributed by atoms with van der Waals surface area (Å²) < 4.78 is 1.01. The second kappa shape index (κ2) is 6.84. The van der Waals surface area contributed by atoms with Crippen LogP contribution in [0.2, 0.25) is 0 Å². The molecule has 2 aromatic carbocycles. The van der Waals surface area contributed by atoms with Crippen LogP contribution in [0.1, 0.15) is 17.0 Å². The van der Waals surface area contributed by atoms with Gasteiger partial charge in [0.2, 0.25) is 0 Å². The van der Waals surface area contributed by atoms with Crippen LogP contribution in [-0.2, 0) is 13.0 Å². The van der Waals surface area contributed by atoms with E-state index in [0.29, 0.717) is 0 Å². The van der Waals surface area contributed by atoms with Crippen LogP contribution in [0, 0.1) is 6.92 Å². The third-order valence-electron chi connectivity index (χ3n) is 4.42. The van der Waals surface area contributed by atoms with Crippen LogP contribution in [0.15, 0.2) is 59.1 Å². The maximum atomic E-state index is 4.66. The van der Waals surface area contributed by atoms with E-state index in [1.807, 2.05) is 37.3 Å². The van der Waals surface area contributed by atoms with Gasteiger partial charge in [-0.1, -0.05) is 36.4 Å². The molecule has 0 unspecified atom stereocenters. The number of nitrogens with zero attached hydrogens (tertiary/aromatic N) is 3. The summed E-state index contributed by atoms with van der Waals surface area (Å²) in [7, 11) is 0. The van der Waals surface area contributed by atoms with E-state index in [2.05, 4.69) is 60.4 Å². The summed E-state index contributed by atoms with van der Waals surface area (Å²) in [5.41, 5.74) is 3.82. The molecule has 0 radical (unpaired) electrons. The first-order chi connectivity index (χ1) is 12.2. The van der Waals surface area contributed by atoms with E-state index in [1.165, 1.54) is 11.1 Å². The van der Waals surface area contributed by atoms with E-state index in [1.54, 1.807) is 0 Å². The Morgan fingerprint density at radius 3 is 2.60 bits per heavy atom. The van der Waals surface area contributed by atoms with Gasteiger partial charge in [-0.2, -0.15) is 0 Å². The predicted octanol–water partition coefficient (Wildman–Crippen LogP) is 4.85. The molecule has 1 aromatic heterocycles. The summed E-state index contributed by atoms with van der Waals surface area (Å²) in [6, 6.07) is 18.7. The van der Waals surface area contributed by atoms with Crippen molar-refractivity contribution in [3.63, 3.8) is 0 Å². The minimum atomic E-state index is 0.769. The van der Waals surface area contributed by atoms with Gasteiger partial charge in [-0.3, -0.25) is 0 Å². The normalized spacial score (nSPS) is 13.4. The monoisotopic (exact) mass is 394 g/mol. The summed E-state index contributed by atoms with van der Waals surface area (Å²) in [6.07, 6.45) is 1.05. The number of fused-ring (bicyclic) bond motifs is 1. The average molecular weight is 395 g/mol. The van der Waals surface area contributed by atoms with Gasteiger partial charge in [0.25, 0.3) is 0 Å². The van der Waals surface area contributed by atoms with Gasteiger partial charge in [0, 0.05) is 23.6 Å². The molecule has 4 rings (SSSR count). The number of hydrogen-bond acceptors (Lipinski definition) is 4. The van der Waals surface area contributed by atoms with Gasteiger partial charge >= 0.3 is 0 Å². The number of aryl methyl sites for hydroxylation is 1. The van der Waals surface area contributed by atoms with Crippen molar-refractivity contribution in [1.29, 1.82) is 0 Å². The second-order valence-corrected chi connectivity index (χ2v) is 7.06. The molecule has 1 aliphatic rings. The fourth-order valence-electron chi connectivity index (χ4n) is 3.17. The van der Waals surface area contributed by atoms with Gasteiger partial charge in [0.1, 0.15) is 17.5 Å². The lowest BCUT2D eigenvalue weighted by Gasteiger charge is -2.30. The molecular weight excluding hydrogens is 376 g/mol. The molecule has 1 aliphatic heterocycles. The SMILES string of the molecule is Cc1nc(Nc2ccccc2Br)cc(N2CCc3ccccc3C2)n1. The number of halogens is 1. The second-order valence-electron chi connectivity index (χ2n) is 6.20. The summed E-state index contributed by atoms with van der Waals surface area (Å²) in [6.45, 7) is 3.80. The molecule has 25 heavy (non-hydrogen) atoms. The lowest BCUT2D eigenvalue weighted by molar-refractivity contribution is 0.717. The van der Waals surface area contributed by atoms with E-state index in [4.69, 9.17) is 0 Å². The lowest BCUT2D eigenvalue weighted by atomic mass is 10.00. The van der Waals surface area contributed by atoms with Crippen LogP contribution in [-0.4, -0.2) is 16.5 Å². The van der Waals surface area contributed by atoms with E-state index in [0.717, 1.165) is 47.1 Å². The van der Waals surface area contributed by atoms with Crippen molar-refractivity contribution in [2.75, 3.05) is 16.8 Å². The number of rotatable bonds is 3. The summed E-state index contributed by atoms with van der Waals surface area (Å²) in [5.74, 6) is 2.55. The average Bonchev–Trinajstić information content (AvgIpc) is 2.63. The van der Waals surface area contributed by atoms with Gasteiger partial charge in [-0.25, -0.2) is 9.97 Å². The molecule has 0 bridgehead atoms. The Balaban J connectivity index is 1.61. The Labute approximate surface area is 156 Å². The summed E-state index contributed by atoms with van der Waals surface area (Å²) >= 11 is 3.57. The Kier molecular flexibility index (Phi) is 4.40. The fourth-order valence-corrected chi connectivity index (χ4v) is 3.55. The molecule has 0 atom stereocenters. The molecule has 2 heterocycles. The molecule has 126 valence electrons. The van der Waals surface area contributed by atoms with Crippen LogP contribution in [0.3, 0.4) is 0 Å². The van der Waals surface area contributed by atoms with Crippen LogP contribution in [0.5, 0.6) is 0 Å². The minimum Gasteiger partial charge on any atom is -0.352 e. The topological polar surface area (TPSA) is 41.1 Å². The van der Waals surface area contributed by atoms with Gasteiger partial charge in [-0.05, 0) is 52.5 Å². The molecule has 0 saturated carbocycles. The van der Waals surface area contributed by atoms with Crippen LogP contribution in [0.4, 0.5) is 17.3 Å². The number of benzene rings is 2. The molecule has 0 fully saturated rings. The van der Waals surface area contributed by atoms with Crippen molar-refractivity contribution < 1.29 is 0 Å². The zero-order valence-corrected chi connectivity index (χ0v) is 15.6. The standard InChI is InChI=1S/C20H19BrN4/c1-14-22-19(24-18-9-5-4-8-17(18)21)12-20(23-14)25-11-10-15-6-2-3-7-16(15)13-25/h2-9,12H,10-11,13H2,1H3,(H,22,23,24). The molecular formula is C20H19BrN4. The number of hydrogen-bond donors (Lipinski definition) is 1. The maximum Gasteiger partial charge on any atom is 0.136 e. The summed E-state index contributed by atoms with van der Waals surface area (Å²) in [4.78, 5) is 11.5. The van der Waals surface area contributed by atoms with Crippen LogP contribution >= 0.6 is 15.9 Å². The zero-order chi connectivity index (χ0) is 17.2. The highest BCUT2D eigenvalue weighted by atomic mass is 79.9. The van der Waals surface area contributed by atoms with Crippen molar-refractivity contribution in [2.45, 2.75) is 19.9 Å². The van der Waals surface area contributed by atoms with Crippen LogP contribution < -0.4 is 10.2 Å². The third-order valence-corrected chi connectivity index (χ3v) is 5.11. The highest BCUT2D eigenvalue weighted by molar-refractivity contribution is 9.10. The van der Waals surface area contributed by atoms with E-state index >= 15 is 0 Å². The molecule has 4 nitrogen and oxygen atoms in total. The van der Waals surface area contributed by atoms with E-state index in [9.17, 15) is 0 Å². The first-order valence-electron chi connectivity index (χ1n) is 8.38. The van der Waals surface area contributed by atoms with Gasteiger partial charge in [0.05, 0.1) is 5.69 Å². The smallest absolute Gasteiger partial charge is 0.136 e. The number of anilines is 3. The highest BCUT2D eigenvalue weighted by Gasteiger charge is 2.18. The van der Waals surface area contributed by atoms with Crippen molar-refractivity contribution in [3.05, 3.63) is 76.0 Å².